The van der Waals surface area contributed by atoms with Gasteiger partial charge in [-0.15, -0.1) is 0 Å². The zero-order valence-corrected chi connectivity index (χ0v) is 43.6. The van der Waals surface area contributed by atoms with Crippen molar-refractivity contribution in [2.45, 2.75) is 229 Å². The van der Waals surface area contributed by atoms with Gasteiger partial charge in [-0.2, -0.15) is 0 Å². The Bertz CT molecular complexity index is 1620. The first kappa shape index (κ1) is 64.8. The number of allylic oxidation sites excluding steroid dienone is 17. The quantitative estimate of drug-likeness (QED) is 0.0209. The number of carbonyl (C=O) groups excluding carboxylic acids is 1. The Morgan fingerprint density at radius 2 is 0.986 bits per heavy atom. The van der Waals surface area contributed by atoms with E-state index in [0.29, 0.717) is 12.8 Å². The normalized spacial score (nSPS) is 26.5. The number of ether oxygens (including phenoxy) is 4. The molecule has 0 radical (unpaired) electrons. The molecule has 2 heterocycles. The molecule has 14 heteroatoms. The number of carbonyl (C=O) groups is 1. The van der Waals surface area contributed by atoms with Gasteiger partial charge in [0, 0.05) is 6.42 Å². The number of aliphatic hydroxyl groups excluding tert-OH is 8. The maximum absolute atomic E-state index is 13.2. The monoisotopic (exact) mass is 1010 g/mol. The molecule has 12 atom stereocenters. The standard InChI is InChI=1S/C58H95NO13/c1-3-5-7-9-11-13-14-15-16-17-18-19-20-21-22-23-24-25-26-27-28-29-30-31-32-34-36-38-40-42-50(63)59-46(47(62)41-39-37-35-33-12-10-8-6-4-2)45-69-57-55(68)53(66)56(49(44-61)71-57)72-58-54(67)52(65)51(64)48(43-60)70-58/h4-7,11-13,15-16,18-19,21-22,24-25,33,39,41,46-49,51-58,60-62,64-68H,3,8-10,14,17,20,23,26-32,34-38,40,42-45H2,1-2H3,(H,59,63)/b6-4+,7-5-,13-11-,16-15-,19-18-,22-21-,25-24-,33-12+,41-39+. The van der Waals surface area contributed by atoms with Gasteiger partial charge < -0.3 is 65.1 Å². The van der Waals surface area contributed by atoms with Crippen molar-refractivity contribution in [3.05, 3.63) is 109 Å². The van der Waals surface area contributed by atoms with Crippen LogP contribution in [0.3, 0.4) is 0 Å². The molecule has 0 aromatic carbocycles. The van der Waals surface area contributed by atoms with Crippen LogP contribution in [0.25, 0.3) is 0 Å². The van der Waals surface area contributed by atoms with Gasteiger partial charge in [-0.3, -0.25) is 4.79 Å². The van der Waals surface area contributed by atoms with E-state index in [9.17, 15) is 45.6 Å². The summed E-state index contributed by atoms with van der Waals surface area (Å²) >= 11 is 0. The van der Waals surface area contributed by atoms with Gasteiger partial charge in [0.15, 0.2) is 12.6 Å². The molecule has 410 valence electrons. The van der Waals surface area contributed by atoms with E-state index < -0.39 is 86.8 Å². The number of unbranched alkanes of at least 4 members (excludes halogenated alkanes) is 12. The van der Waals surface area contributed by atoms with E-state index in [1.807, 2.05) is 19.1 Å². The van der Waals surface area contributed by atoms with Crippen LogP contribution in [-0.4, -0.2) is 140 Å². The van der Waals surface area contributed by atoms with E-state index in [4.69, 9.17) is 18.9 Å². The lowest BCUT2D eigenvalue weighted by Gasteiger charge is -2.46. The molecule has 0 aliphatic carbocycles. The van der Waals surface area contributed by atoms with Gasteiger partial charge in [0.25, 0.3) is 0 Å². The third kappa shape index (κ3) is 28.9. The topological polar surface area (TPSA) is 228 Å². The molecule has 2 aliphatic heterocycles. The first-order valence-corrected chi connectivity index (χ1v) is 27.1. The highest BCUT2D eigenvalue weighted by Crippen LogP contribution is 2.30. The minimum absolute atomic E-state index is 0.256. The van der Waals surface area contributed by atoms with Crippen molar-refractivity contribution in [1.82, 2.24) is 5.32 Å². The Balaban J connectivity index is 1.70. The van der Waals surface area contributed by atoms with Crippen molar-refractivity contribution >= 4 is 5.91 Å². The molecule has 12 unspecified atom stereocenters. The summed E-state index contributed by atoms with van der Waals surface area (Å²) in [4.78, 5) is 13.2. The predicted molar refractivity (Wildman–Crippen MR) is 285 cm³/mol. The fourth-order valence-corrected chi connectivity index (χ4v) is 8.15. The molecule has 0 spiro atoms. The molecule has 72 heavy (non-hydrogen) atoms. The third-order valence-corrected chi connectivity index (χ3v) is 12.5. The first-order chi connectivity index (χ1) is 35.1. The van der Waals surface area contributed by atoms with Crippen LogP contribution in [0.5, 0.6) is 0 Å². The van der Waals surface area contributed by atoms with Crippen LogP contribution >= 0.6 is 0 Å². The number of rotatable bonds is 40. The Morgan fingerprint density at radius 1 is 0.528 bits per heavy atom. The molecule has 2 fully saturated rings. The van der Waals surface area contributed by atoms with E-state index in [1.54, 1.807) is 6.08 Å². The van der Waals surface area contributed by atoms with Crippen LogP contribution < -0.4 is 5.32 Å². The van der Waals surface area contributed by atoms with Crippen LogP contribution in [0.1, 0.15) is 155 Å². The maximum Gasteiger partial charge on any atom is 0.220 e. The molecular formula is C58H95NO13. The molecule has 2 aliphatic rings. The summed E-state index contributed by atoms with van der Waals surface area (Å²) in [5.41, 5.74) is 0. The van der Waals surface area contributed by atoms with Gasteiger partial charge in [0.05, 0.1) is 32.0 Å². The average molecular weight is 1010 g/mol. The number of amides is 1. The van der Waals surface area contributed by atoms with Crippen molar-refractivity contribution in [3.63, 3.8) is 0 Å². The maximum atomic E-state index is 13.2. The molecule has 0 aromatic rings. The Labute approximate surface area is 432 Å². The van der Waals surface area contributed by atoms with Crippen molar-refractivity contribution in [3.8, 4) is 0 Å². The van der Waals surface area contributed by atoms with E-state index in [1.165, 1.54) is 38.5 Å². The average Bonchev–Trinajstić information content (AvgIpc) is 3.38. The predicted octanol–water partition coefficient (Wildman–Crippen LogP) is 8.10. The molecule has 0 saturated carbocycles. The SMILES string of the molecule is C/C=C/CC/C=C/CC/C=C/C(O)C(COC1OC(CO)C(OC2OC(CO)C(O)C(O)C2O)C(O)C1O)NC(=O)CCCCCCCCCCCC/C=C\C/C=C\C/C=C\C/C=C\C/C=C\C/C=C\CC. The summed E-state index contributed by atoms with van der Waals surface area (Å²) in [6.07, 6.45) is 43.1. The number of hydrogen-bond acceptors (Lipinski definition) is 13. The zero-order chi connectivity index (χ0) is 52.4. The van der Waals surface area contributed by atoms with E-state index in [-0.39, 0.29) is 18.9 Å². The van der Waals surface area contributed by atoms with Crippen LogP contribution in [0.15, 0.2) is 109 Å². The smallest absolute Gasteiger partial charge is 0.220 e. The van der Waals surface area contributed by atoms with Crippen molar-refractivity contribution in [2.75, 3.05) is 19.8 Å². The Kier molecular flexibility index (Phi) is 38.6. The Hall–Kier alpha value is -3.35. The molecule has 2 saturated heterocycles. The molecule has 1 amide bonds. The highest BCUT2D eigenvalue weighted by atomic mass is 16.7. The fourth-order valence-electron chi connectivity index (χ4n) is 8.15. The fraction of sp³-hybridized carbons (Fsp3) is 0.672. The van der Waals surface area contributed by atoms with Crippen LogP contribution in [-0.2, 0) is 23.7 Å². The largest absolute Gasteiger partial charge is 0.394 e. The highest BCUT2D eigenvalue weighted by molar-refractivity contribution is 5.76. The second kappa shape index (κ2) is 42.9. The van der Waals surface area contributed by atoms with E-state index in [2.05, 4.69) is 103 Å². The van der Waals surface area contributed by atoms with Gasteiger partial charge >= 0.3 is 0 Å². The molecule has 0 bridgehead atoms. The highest BCUT2D eigenvalue weighted by Gasteiger charge is 2.51. The zero-order valence-electron chi connectivity index (χ0n) is 43.6. The van der Waals surface area contributed by atoms with Gasteiger partial charge in [-0.1, -0.05) is 168 Å². The molecule has 9 N–H and O–H groups in total. The van der Waals surface area contributed by atoms with Crippen LogP contribution in [0.2, 0.25) is 0 Å². The summed E-state index contributed by atoms with van der Waals surface area (Å²) in [6, 6.07) is -0.945. The van der Waals surface area contributed by atoms with Crippen molar-refractivity contribution in [1.29, 1.82) is 0 Å². The summed E-state index contributed by atoms with van der Waals surface area (Å²) in [5.74, 6) is -0.268. The summed E-state index contributed by atoms with van der Waals surface area (Å²) in [7, 11) is 0. The van der Waals surface area contributed by atoms with Crippen LogP contribution in [0.4, 0.5) is 0 Å². The van der Waals surface area contributed by atoms with E-state index >= 15 is 0 Å². The minimum Gasteiger partial charge on any atom is -0.394 e. The molecule has 2 rings (SSSR count). The summed E-state index contributed by atoms with van der Waals surface area (Å²) < 4.78 is 22.6. The van der Waals surface area contributed by atoms with Gasteiger partial charge in [-0.25, -0.2) is 0 Å². The lowest BCUT2D eigenvalue weighted by Crippen LogP contribution is -2.65. The number of nitrogens with one attached hydrogen (secondary N) is 1. The molecule has 0 aromatic heterocycles. The minimum atomic E-state index is -1.80. The lowest BCUT2D eigenvalue weighted by molar-refractivity contribution is -0.359. The van der Waals surface area contributed by atoms with Crippen molar-refractivity contribution in [2.24, 2.45) is 0 Å². The van der Waals surface area contributed by atoms with Gasteiger partial charge in [0.2, 0.25) is 5.91 Å². The van der Waals surface area contributed by atoms with Crippen molar-refractivity contribution < 1.29 is 64.6 Å². The molecular weight excluding hydrogens is 919 g/mol. The number of aliphatic hydroxyl groups is 8. The van der Waals surface area contributed by atoms with Gasteiger partial charge in [0.1, 0.15) is 48.8 Å². The van der Waals surface area contributed by atoms with Gasteiger partial charge in [-0.05, 0) is 90.4 Å². The Morgan fingerprint density at radius 3 is 1.53 bits per heavy atom. The van der Waals surface area contributed by atoms with Crippen LogP contribution in [0, 0.1) is 0 Å². The van der Waals surface area contributed by atoms with E-state index in [0.717, 1.165) is 83.5 Å². The first-order valence-electron chi connectivity index (χ1n) is 27.1. The third-order valence-electron chi connectivity index (χ3n) is 12.5. The molecule has 14 nitrogen and oxygen atoms in total. The lowest BCUT2D eigenvalue weighted by atomic mass is 9.97. The summed E-state index contributed by atoms with van der Waals surface area (Å²) in [5, 5.41) is 86.6. The number of hydrogen-bond donors (Lipinski definition) is 9. The second-order valence-electron chi connectivity index (χ2n) is 18.6. The second-order valence-corrected chi connectivity index (χ2v) is 18.6. The summed E-state index contributed by atoms with van der Waals surface area (Å²) in [6.45, 7) is 2.38.